The Morgan fingerprint density at radius 2 is 2.15 bits per heavy atom. The van der Waals surface area contributed by atoms with E-state index >= 15 is 0 Å². The molecule has 0 fully saturated rings. The highest BCUT2D eigenvalue weighted by molar-refractivity contribution is 7.99. The van der Waals surface area contributed by atoms with E-state index in [0.29, 0.717) is 0 Å². The SMILES string of the molecule is Cc1cc(C)nc(SC(C)CO)c1. The molecule has 0 saturated heterocycles. The van der Waals surface area contributed by atoms with E-state index in [1.165, 1.54) is 5.56 Å². The summed E-state index contributed by atoms with van der Waals surface area (Å²) in [4.78, 5) is 4.37. The summed E-state index contributed by atoms with van der Waals surface area (Å²) in [5.41, 5.74) is 2.26. The molecule has 3 heteroatoms. The Hall–Kier alpha value is -0.540. The van der Waals surface area contributed by atoms with Gasteiger partial charge in [0, 0.05) is 10.9 Å². The van der Waals surface area contributed by atoms with Crippen LogP contribution in [0, 0.1) is 13.8 Å². The summed E-state index contributed by atoms with van der Waals surface area (Å²) in [5.74, 6) is 0. The van der Waals surface area contributed by atoms with Crippen LogP contribution in [0.4, 0.5) is 0 Å². The van der Waals surface area contributed by atoms with Gasteiger partial charge in [-0.15, -0.1) is 11.8 Å². The Balaban J connectivity index is 2.77. The highest BCUT2D eigenvalue weighted by atomic mass is 32.2. The largest absolute Gasteiger partial charge is 0.395 e. The van der Waals surface area contributed by atoms with Crippen LogP contribution in [0.25, 0.3) is 0 Å². The molecule has 0 aliphatic rings. The second kappa shape index (κ2) is 4.63. The fourth-order valence-electron chi connectivity index (χ4n) is 1.11. The molecule has 1 rings (SSSR count). The molecule has 2 nitrogen and oxygen atoms in total. The Morgan fingerprint density at radius 1 is 1.46 bits per heavy atom. The van der Waals surface area contributed by atoms with Crippen LogP contribution < -0.4 is 0 Å². The highest BCUT2D eigenvalue weighted by Crippen LogP contribution is 2.21. The molecule has 0 radical (unpaired) electrons. The topological polar surface area (TPSA) is 33.1 Å². The molecule has 0 aliphatic carbocycles. The van der Waals surface area contributed by atoms with Crippen molar-refractivity contribution >= 4 is 11.8 Å². The van der Waals surface area contributed by atoms with Crippen molar-refractivity contribution in [1.29, 1.82) is 0 Å². The first-order valence-corrected chi connectivity index (χ1v) is 5.22. The number of aliphatic hydroxyl groups is 1. The van der Waals surface area contributed by atoms with E-state index in [9.17, 15) is 0 Å². The second-order valence-electron chi connectivity index (χ2n) is 3.24. The number of thioether (sulfide) groups is 1. The zero-order chi connectivity index (χ0) is 9.84. The second-order valence-corrected chi connectivity index (χ2v) is 4.69. The number of aliphatic hydroxyl groups excluding tert-OH is 1. The lowest BCUT2D eigenvalue weighted by atomic mass is 10.3. The average molecular weight is 197 g/mol. The first-order valence-electron chi connectivity index (χ1n) is 4.34. The minimum Gasteiger partial charge on any atom is -0.395 e. The Morgan fingerprint density at radius 3 is 2.69 bits per heavy atom. The normalized spacial score (nSPS) is 12.9. The molecule has 13 heavy (non-hydrogen) atoms. The van der Waals surface area contributed by atoms with E-state index in [2.05, 4.69) is 11.9 Å². The lowest BCUT2D eigenvalue weighted by molar-refractivity contribution is 0.300. The monoisotopic (exact) mass is 197 g/mol. The van der Waals surface area contributed by atoms with Gasteiger partial charge in [-0.3, -0.25) is 0 Å². The number of hydrogen-bond donors (Lipinski definition) is 1. The summed E-state index contributed by atoms with van der Waals surface area (Å²) in [7, 11) is 0. The highest BCUT2D eigenvalue weighted by Gasteiger charge is 2.04. The van der Waals surface area contributed by atoms with Crippen LogP contribution >= 0.6 is 11.8 Å². The molecule has 1 heterocycles. The Kier molecular flexibility index (Phi) is 3.75. The molecule has 0 aromatic carbocycles. The summed E-state index contributed by atoms with van der Waals surface area (Å²) in [6, 6.07) is 4.09. The third-order valence-corrected chi connectivity index (χ3v) is 2.66. The van der Waals surface area contributed by atoms with Crippen molar-refractivity contribution in [3.8, 4) is 0 Å². The van der Waals surface area contributed by atoms with Gasteiger partial charge in [0.2, 0.25) is 0 Å². The summed E-state index contributed by atoms with van der Waals surface area (Å²) in [6.07, 6.45) is 0. The van der Waals surface area contributed by atoms with Crippen LogP contribution in [0.15, 0.2) is 17.2 Å². The maximum Gasteiger partial charge on any atom is 0.0969 e. The van der Waals surface area contributed by atoms with Crippen molar-refractivity contribution < 1.29 is 5.11 Å². The van der Waals surface area contributed by atoms with Gasteiger partial charge in [-0.2, -0.15) is 0 Å². The molecular weight excluding hydrogens is 182 g/mol. The Labute approximate surface area is 83.4 Å². The number of aryl methyl sites for hydroxylation is 2. The van der Waals surface area contributed by atoms with Crippen molar-refractivity contribution in [2.24, 2.45) is 0 Å². The van der Waals surface area contributed by atoms with Crippen LogP contribution in [-0.2, 0) is 0 Å². The van der Waals surface area contributed by atoms with Gasteiger partial charge < -0.3 is 5.11 Å². The van der Waals surface area contributed by atoms with Crippen molar-refractivity contribution in [3.05, 3.63) is 23.4 Å². The summed E-state index contributed by atoms with van der Waals surface area (Å²) >= 11 is 1.61. The molecule has 72 valence electrons. The maximum absolute atomic E-state index is 8.89. The molecule has 1 aromatic heterocycles. The molecule has 0 saturated carbocycles. The fourth-order valence-corrected chi connectivity index (χ4v) is 2.05. The van der Waals surface area contributed by atoms with Crippen LogP contribution in [0.1, 0.15) is 18.2 Å². The number of nitrogens with zero attached hydrogens (tertiary/aromatic N) is 1. The fraction of sp³-hybridized carbons (Fsp3) is 0.500. The third kappa shape index (κ3) is 3.36. The zero-order valence-corrected chi connectivity index (χ0v) is 9.06. The summed E-state index contributed by atoms with van der Waals surface area (Å²) < 4.78 is 0. The molecular formula is C10H15NOS. The van der Waals surface area contributed by atoms with E-state index in [-0.39, 0.29) is 11.9 Å². The number of pyridine rings is 1. The zero-order valence-electron chi connectivity index (χ0n) is 8.24. The minimum absolute atomic E-state index is 0.194. The number of hydrogen-bond acceptors (Lipinski definition) is 3. The number of aromatic nitrogens is 1. The maximum atomic E-state index is 8.89. The lowest BCUT2D eigenvalue weighted by Crippen LogP contribution is -2.02. The van der Waals surface area contributed by atoms with Crippen molar-refractivity contribution in [1.82, 2.24) is 4.98 Å². The van der Waals surface area contributed by atoms with Crippen LogP contribution in [-0.4, -0.2) is 21.9 Å². The summed E-state index contributed by atoms with van der Waals surface area (Å²) in [6.45, 7) is 6.23. The number of rotatable bonds is 3. The predicted octanol–water partition coefficient (Wildman–Crippen LogP) is 2.17. The van der Waals surface area contributed by atoms with Crippen LogP contribution in [0.5, 0.6) is 0 Å². The van der Waals surface area contributed by atoms with Crippen molar-refractivity contribution in [2.45, 2.75) is 31.0 Å². The quantitative estimate of drug-likeness (QED) is 0.754. The van der Waals surface area contributed by atoms with Gasteiger partial charge in [-0.1, -0.05) is 6.92 Å². The minimum atomic E-state index is 0.194. The molecule has 0 aliphatic heterocycles. The first kappa shape index (κ1) is 10.5. The van der Waals surface area contributed by atoms with Gasteiger partial charge in [0.1, 0.15) is 0 Å². The standard InChI is InChI=1S/C10H15NOS/c1-7-4-8(2)11-10(5-7)13-9(3)6-12/h4-5,9,12H,6H2,1-3H3. The van der Waals surface area contributed by atoms with Gasteiger partial charge in [-0.05, 0) is 31.5 Å². The van der Waals surface area contributed by atoms with E-state index in [0.717, 1.165) is 10.7 Å². The average Bonchev–Trinajstić information content (AvgIpc) is 2.02. The molecule has 0 amide bonds. The van der Waals surface area contributed by atoms with Crippen molar-refractivity contribution in [2.75, 3.05) is 6.61 Å². The predicted molar refractivity (Wildman–Crippen MR) is 56.1 cm³/mol. The van der Waals surface area contributed by atoms with Crippen molar-refractivity contribution in [3.63, 3.8) is 0 Å². The smallest absolute Gasteiger partial charge is 0.0969 e. The van der Waals surface area contributed by atoms with Gasteiger partial charge in [0.05, 0.1) is 11.6 Å². The van der Waals surface area contributed by atoms with Gasteiger partial charge in [-0.25, -0.2) is 4.98 Å². The first-order chi connectivity index (χ1) is 6.11. The van der Waals surface area contributed by atoms with E-state index in [4.69, 9.17) is 5.11 Å². The third-order valence-electron chi connectivity index (χ3n) is 1.65. The Bertz CT molecular complexity index is 268. The lowest BCUT2D eigenvalue weighted by Gasteiger charge is -2.07. The van der Waals surface area contributed by atoms with E-state index in [1.54, 1.807) is 11.8 Å². The van der Waals surface area contributed by atoms with E-state index in [1.807, 2.05) is 26.0 Å². The van der Waals surface area contributed by atoms with Gasteiger partial charge >= 0.3 is 0 Å². The molecule has 1 N–H and O–H groups in total. The van der Waals surface area contributed by atoms with Gasteiger partial charge in [0.15, 0.2) is 0 Å². The van der Waals surface area contributed by atoms with E-state index < -0.39 is 0 Å². The van der Waals surface area contributed by atoms with Crippen LogP contribution in [0.2, 0.25) is 0 Å². The molecule has 1 unspecified atom stereocenters. The molecule has 1 aromatic rings. The summed E-state index contributed by atoms with van der Waals surface area (Å²) in [5, 5.41) is 10.1. The van der Waals surface area contributed by atoms with Gasteiger partial charge in [0.25, 0.3) is 0 Å². The molecule has 0 bridgehead atoms. The molecule has 0 spiro atoms. The molecule has 1 atom stereocenters. The van der Waals surface area contributed by atoms with Crippen LogP contribution in [0.3, 0.4) is 0 Å².